The first-order valence-corrected chi connectivity index (χ1v) is 7.55. The fourth-order valence-corrected chi connectivity index (χ4v) is 2.78. The molecule has 1 amide bonds. The van der Waals surface area contributed by atoms with Crippen molar-refractivity contribution in [3.8, 4) is 0 Å². The van der Waals surface area contributed by atoms with Crippen molar-refractivity contribution in [3.05, 3.63) is 33.8 Å². The highest BCUT2D eigenvalue weighted by atomic mass is 35.5. The summed E-state index contributed by atoms with van der Waals surface area (Å²) in [7, 11) is 1.78. The van der Waals surface area contributed by atoms with Gasteiger partial charge < -0.3 is 10.6 Å². The van der Waals surface area contributed by atoms with Gasteiger partial charge in [-0.15, -0.1) is 0 Å². The fourth-order valence-electron chi connectivity index (χ4n) is 2.31. The minimum Gasteiger partial charge on any atom is -0.341 e. The summed E-state index contributed by atoms with van der Waals surface area (Å²) in [6.45, 7) is 4.81. The second-order valence-electron chi connectivity index (χ2n) is 5.09. The highest BCUT2D eigenvalue weighted by molar-refractivity contribution is 6.35. The van der Waals surface area contributed by atoms with Gasteiger partial charge in [-0.05, 0) is 30.5 Å². The number of hydrogen-bond donors (Lipinski definition) is 1. The molecule has 0 unspecified atom stereocenters. The Morgan fingerprint density at radius 3 is 2.35 bits per heavy atom. The Kier molecular flexibility index (Phi) is 6.31. The van der Waals surface area contributed by atoms with E-state index in [1.165, 1.54) is 0 Å². The molecule has 0 aromatic heterocycles. The van der Waals surface area contributed by atoms with Crippen molar-refractivity contribution in [2.45, 2.75) is 33.2 Å². The van der Waals surface area contributed by atoms with Gasteiger partial charge in [-0.25, -0.2) is 0 Å². The number of rotatable bonds is 6. The molecule has 0 aliphatic carbocycles. The standard InChI is InChI=1S/C15H22Cl2N2O/c1-4-15(5-2,10-18)14(20)19(3)9-11-6-7-12(16)8-13(11)17/h6-8H,4-5,9-10,18H2,1-3H3. The molecule has 0 fully saturated rings. The number of carbonyl (C=O) groups is 1. The largest absolute Gasteiger partial charge is 0.341 e. The highest BCUT2D eigenvalue weighted by Gasteiger charge is 2.35. The third-order valence-corrected chi connectivity index (χ3v) is 4.55. The summed E-state index contributed by atoms with van der Waals surface area (Å²) in [6, 6.07) is 5.31. The van der Waals surface area contributed by atoms with Crippen LogP contribution in [0.4, 0.5) is 0 Å². The Labute approximate surface area is 131 Å². The molecule has 2 N–H and O–H groups in total. The molecular weight excluding hydrogens is 295 g/mol. The topological polar surface area (TPSA) is 46.3 Å². The molecule has 0 radical (unpaired) electrons. The molecule has 0 saturated heterocycles. The summed E-state index contributed by atoms with van der Waals surface area (Å²) in [5.41, 5.74) is 6.22. The number of nitrogens with two attached hydrogens (primary N) is 1. The van der Waals surface area contributed by atoms with Crippen LogP contribution in [-0.4, -0.2) is 24.4 Å². The Morgan fingerprint density at radius 1 is 1.30 bits per heavy atom. The lowest BCUT2D eigenvalue weighted by atomic mass is 9.81. The quantitative estimate of drug-likeness (QED) is 0.869. The average molecular weight is 317 g/mol. The summed E-state index contributed by atoms with van der Waals surface area (Å²) in [4.78, 5) is 14.3. The van der Waals surface area contributed by atoms with E-state index in [0.717, 1.165) is 18.4 Å². The lowest BCUT2D eigenvalue weighted by Crippen LogP contribution is -2.45. The number of amides is 1. The predicted molar refractivity (Wildman–Crippen MR) is 85.0 cm³/mol. The van der Waals surface area contributed by atoms with Crippen molar-refractivity contribution in [1.29, 1.82) is 0 Å². The van der Waals surface area contributed by atoms with Crippen LogP contribution in [-0.2, 0) is 11.3 Å². The van der Waals surface area contributed by atoms with E-state index in [4.69, 9.17) is 28.9 Å². The molecule has 5 heteroatoms. The Balaban J connectivity index is 2.89. The molecule has 0 heterocycles. The van der Waals surface area contributed by atoms with Gasteiger partial charge in [0.15, 0.2) is 0 Å². The van der Waals surface area contributed by atoms with Crippen LogP contribution >= 0.6 is 23.2 Å². The van der Waals surface area contributed by atoms with Crippen molar-refractivity contribution in [1.82, 2.24) is 4.90 Å². The van der Waals surface area contributed by atoms with Crippen molar-refractivity contribution in [2.24, 2.45) is 11.1 Å². The molecule has 0 bridgehead atoms. The minimum atomic E-state index is -0.479. The molecule has 1 aromatic rings. The third-order valence-electron chi connectivity index (χ3n) is 3.97. The number of hydrogen-bond acceptors (Lipinski definition) is 2. The molecular formula is C15H22Cl2N2O. The van der Waals surface area contributed by atoms with Gasteiger partial charge >= 0.3 is 0 Å². The molecule has 20 heavy (non-hydrogen) atoms. The number of benzene rings is 1. The van der Waals surface area contributed by atoms with E-state index < -0.39 is 5.41 Å². The summed E-state index contributed by atoms with van der Waals surface area (Å²) >= 11 is 12.0. The Bertz CT molecular complexity index is 465. The van der Waals surface area contributed by atoms with Gasteiger partial charge in [-0.3, -0.25) is 4.79 Å². The second kappa shape index (κ2) is 7.30. The van der Waals surface area contributed by atoms with Crippen LogP contribution in [0.2, 0.25) is 10.0 Å². The Hall–Kier alpha value is -0.770. The summed E-state index contributed by atoms with van der Waals surface area (Å²) < 4.78 is 0. The normalized spacial score (nSPS) is 11.5. The van der Waals surface area contributed by atoms with Gasteiger partial charge in [0.05, 0.1) is 5.41 Å². The van der Waals surface area contributed by atoms with Crippen LogP contribution in [0, 0.1) is 5.41 Å². The number of nitrogens with zero attached hydrogens (tertiary/aromatic N) is 1. The van der Waals surface area contributed by atoms with Crippen molar-refractivity contribution in [3.63, 3.8) is 0 Å². The van der Waals surface area contributed by atoms with Gasteiger partial charge in [-0.2, -0.15) is 0 Å². The van der Waals surface area contributed by atoms with E-state index in [2.05, 4.69) is 0 Å². The molecule has 0 saturated carbocycles. The average Bonchev–Trinajstić information content (AvgIpc) is 2.44. The van der Waals surface area contributed by atoms with Crippen molar-refractivity contribution in [2.75, 3.05) is 13.6 Å². The van der Waals surface area contributed by atoms with Gasteiger partial charge in [0, 0.05) is 30.2 Å². The molecule has 112 valence electrons. The van der Waals surface area contributed by atoms with Crippen LogP contribution in [0.5, 0.6) is 0 Å². The lowest BCUT2D eigenvalue weighted by Gasteiger charge is -2.33. The molecule has 3 nitrogen and oxygen atoms in total. The van der Waals surface area contributed by atoms with Crippen LogP contribution in [0.25, 0.3) is 0 Å². The van der Waals surface area contributed by atoms with Gasteiger partial charge in [0.25, 0.3) is 0 Å². The monoisotopic (exact) mass is 316 g/mol. The van der Waals surface area contributed by atoms with E-state index >= 15 is 0 Å². The minimum absolute atomic E-state index is 0.0658. The van der Waals surface area contributed by atoms with Crippen LogP contribution in [0.3, 0.4) is 0 Å². The SMILES string of the molecule is CCC(CC)(CN)C(=O)N(C)Cc1ccc(Cl)cc1Cl. The first kappa shape index (κ1) is 17.3. The van der Waals surface area contributed by atoms with Gasteiger partial charge in [0.1, 0.15) is 0 Å². The van der Waals surface area contributed by atoms with Crippen LogP contribution < -0.4 is 5.73 Å². The van der Waals surface area contributed by atoms with E-state index in [1.54, 1.807) is 24.1 Å². The first-order chi connectivity index (χ1) is 9.40. The second-order valence-corrected chi connectivity index (χ2v) is 5.93. The van der Waals surface area contributed by atoms with Crippen LogP contribution in [0.15, 0.2) is 18.2 Å². The summed E-state index contributed by atoms with van der Waals surface area (Å²) in [6.07, 6.45) is 1.47. The first-order valence-electron chi connectivity index (χ1n) is 6.79. The zero-order valence-electron chi connectivity index (χ0n) is 12.2. The molecule has 0 atom stereocenters. The smallest absolute Gasteiger partial charge is 0.230 e. The van der Waals surface area contributed by atoms with Crippen molar-refractivity contribution >= 4 is 29.1 Å². The fraction of sp³-hybridized carbons (Fsp3) is 0.533. The van der Waals surface area contributed by atoms with E-state index in [9.17, 15) is 4.79 Å². The maximum absolute atomic E-state index is 12.6. The van der Waals surface area contributed by atoms with E-state index in [0.29, 0.717) is 23.1 Å². The zero-order valence-corrected chi connectivity index (χ0v) is 13.8. The number of halogens is 2. The van der Waals surface area contributed by atoms with Gasteiger partial charge in [-0.1, -0.05) is 43.1 Å². The lowest BCUT2D eigenvalue weighted by molar-refractivity contribution is -0.141. The molecule has 0 aliphatic rings. The summed E-state index contributed by atoms with van der Waals surface area (Å²) in [5, 5.41) is 1.16. The highest BCUT2D eigenvalue weighted by Crippen LogP contribution is 2.29. The van der Waals surface area contributed by atoms with Crippen molar-refractivity contribution < 1.29 is 4.79 Å². The third kappa shape index (κ3) is 3.66. The predicted octanol–water partition coefficient (Wildman–Crippen LogP) is 3.72. The maximum Gasteiger partial charge on any atom is 0.230 e. The molecule has 0 spiro atoms. The maximum atomic E-state index is 12.6. The van der Waals surface area contributed by atoms with Gasteiger partial charge in [0.2, 0.25) is 5.91 Å². The molecule has 0 aliphatic heterocycles. The zero-order chi connectivity index (χ0) is 15.3. The summed E-state index contributed by atoms with van der Waals surface area (Å²) in [5.74, 6) is 0.0658. The molecule has 1 rings (SSSR count). The number of carbonyl (C=O) groups excluding carboxylic acids is 1. The van der Waals surface area contributed by atoms with E-state index in [1.807, 2.05) is 19.9 Å². The van der Waals surface area contributed by atoms with Crippen LogP contribution in [0.1, 0.15) is 32.3 Å². The Morgan fingerprint density at radius 2 is 1.90 bits per heavy atom. The van der Waals surface area contributed by atoms with E-state index in [-0.39, 0.29) is 5.91 Å². The molecule has 1 aromatic carbocycles.